The maximum atomic E-state index is 11.6. The molecule has 1 aromatic heterocycles. The van der Waals surface area contributed by atoms with Gasteiger partial charge in [0.2, 0.25) is 0 Å². The van der Waals surface area contributed by atoms with Gasteiger partial charge in [-0.05, 0) is 17.7 Å². The molecular weight excluding hydrogens is 348 g/mol. The van der Waals surface area contributed by atoms with E-state index in [0.717, 1.165) is 5.56 Å². The van der Waals surface area contributed by atoms with Crippen molar-refractivity contribution in [1.29, 1.82) is 0 Å². The second-order valence-corrected chi connectivity index (χ2v) is 5.27. The average Bonchev–Trinajstić information content (AvgIpc) is 2.44. The van der Waals surface area contributed by atoms with Gasteiger partial charge in [0.15, 0.2) is 0 Å². The number of hydrogen-bond acceptors (Lipinski definition) is 4. The molecule has 0 atom stereocenters. The van der Waals surface area contributed by atoms with E-state index in [0.29, 0.717) is 21.6 Å². The Hall–Kier alpha value is -1.66. The zero-order chi connectivity index (χ0) is 14.7. The van der Waals surface area contributed by atoms with Gasteiger partial charge in [-0.15, -0.1) is 0 Å². The summed E-state index contributed by atoms with van der Waals surface area (Å²) in [5, 5.41) is 0.381. The summed E-state index contributed by atoms with van der Waals surface area (Å²) in [6.45, 7) is 0.300. The summed E-state index contributed by atoms with van der Waals surface area (Å²) >= 11 is 9.18. The summed E-state index contributed by atoms with van der Waals surface area (Å²) in [6, 6.07) is 5.02. The van der Waals surface area contributed by atoms with Crippen LogP contribution in [-0.4, -0.2) is 22.6 Å². The van der Waals surface area contributed by atoms with Crippen molar-refractivity contribution >= 4 is 33.5 Å². The van der Waals surface area contributed by atoms with Gasteiger partial charge in [0, 0.05) is 10.7 Å². The molecule has 0 spiro atoms. The smallest absolute Gasteiger partial charge is 0.347 e. The van der Waals surface area contributed by atoms with Gasteiger partial charge in [-0.1, -0.05) is 33.6 Å². The van der Waals surface area contributed by atoms with Crippen molar-refractivity contribution in [3.63, 3.8) is 0 Å². The number of esters is 1. The second kappa shape index (κ2) is 6.19. The van der Waals surface area contributed by atoms with E-state index in [-0.39, 0.29) is 0 Å². The highest BCUT2D eigenvalue weighted by atomic mass is 79.9. The molecule has 0 aliphatic rings. The Labute approximate surface area is 128 Å². The number of ether oxygens (including phenoxy) is 1. The van der Waals surface area contributed by atoms with Crippen LogP contribution < -0.4 is 5.69 Å². The minimum atomic E-state index is -0.418. The van der Waals surface area contributed by atoms with E-state index >= 15 is 0 Å². The van der Waals surface area contributed by atoms with Crippen LogP contribution in [-0.2, 0) is 11.3 Å². The number of hydrogen-bond donors (Lipinski definition) is 0. The van der Waals surface area contributed by atoms with Crippen molar-refractivity contribution in [2.24, 2.45) is 0 Å². The monoisotopic (exact) mass is 356 g/mol. The Kier molecular flexibility index (Phi) is 4.57. The number of nitrogens with zero attached hydrogens (tertiary/aromatic N) is 2. The van der Waals surface area contributed by atoms with Crippen molar-refractivity contribution in [3.05, 3.63) is 61.7 Å². The van der Waals surface area contributed by atoms with Crippen LogP contribution in [0.4, 0.5) is 0 Å². The van der Waals surface area contributed by atoms with Crippen molar-refractivity contribution in [2.75, 3.05) is 7.11 Å². The molecule has 2 rings (SSSR count). The van der Waals surface area contributed by atoms with E-state index < -0.39 is 11.7 Å². The van der Waals surface area contributed by atoms with Crippen molar-refractivity contribution in [2.45, 2.75) is 6.54 Å². The number of benzene rings is 1. The highest BCUT2D eigenvalue weighted by molar-refractivity contribution is 9.10. The molecule has 0 aliphatic heterocycles. The molecule has 0 saturated carbocycles. The third kappa shape index (κ3) is 3.26. The second-order valence-electron chi connectivity index (χ2n) is 3.98. The molecule has 0 fully saturated rings. The van der Waals surface area contributed by atoms with Gasteiger partial charge in [0.25, 0.3) is 0 Å². The van der Waals surface area contributed by atoms with Crippen LogP contribution in [0, 0.1) is 0 Å². The summed E-state index contributed by atoms with van der Waals surface area (Å²) in [5.41, 5.74) is 0.863. The molecule has 20 heavy (non-hydrogen) atoms. The van der Waals surface area contributed by atoms with E-state index in [1.54, 1.807) is 18.2 Å². The van der Waals surface area contributed by atoms with Gasteiger partial charge >= 0.3 is 11.7 Å². The maximum absolute atomic E-state index is 11.6. The Balaban J connectivity index is 2.33. The Morgan fingerprint density at radius 3 is 2.90 bits per heavy atom. The number of carbonyl (C=O) groups excluding carboxylic acids is 1. The first kappa shape index (κ1) is 14.7. The summed E-state index contributed by atoms with van der Waals surface area (Å²) in [4.78, 5) is 26.7. The van der Waals surface area contributed by atoms with Crippen LogP contribution in [0.2, 0.25) is 5.02 Å². The van der Waals surface area contributed by atoms with Gasteiger partial charge in [-0.25, -0.2) is 14.6 Å². The van der Waals surface area contributed by atoms with Crippen molar-refractivity contribution < 1.29 is 9.53 Å². The molecule has 7 heteroatoms. The zero-order valence-corrected chi connectivity index (χ0v) is 12.8. The Bertz CT molecular complexity index is 715. The SMILES string of the molecule is COC(=O)c1ccc(Cn2cc(Cl)cnc2=O)c(Br)c1. The highest BCUT2D eigenvalue weighted by Gasteiger charge is 2.09. The molecule has 104 valence electrons. The highest BCUT2D eigenvalue weighted by Crippen LogP contribution is 2.20. The van der Waals surface area contributed by atoms with Crippen LogP contribution in [0.3, 0.4) is 0 Å². The molecule has 0 N–H and O–H groups in total. The Morgan fingerprint density at radius 2 is 2.25 bits per heavy atom. The predicted octanol–water partition coefficient (Wildman–Crippen LogP) is 2.49. The van der Waals surface area contributed by atoms with Crippen LogP contribution in [0.1, 0.15) is 15.9 Å². The van der Waals surface area contributed by atoms with Gasteiger partial charge in [-0.3, -0.25) is 4.57 Å². The summed E-state index contributed by atoms with van der Waals surface area (Å²) in [7, 11) is 1.32. The number of rotatable bonds is 3. The van der Waals surface area contributed by atoms with Crippen LogP contribution in [0.15, 0.2) is 39.9 Å². The topological polar surface area (TPSA) is 61.2 Å². The van der Waals surface area contributed by atoms with Crippen LogP contribution >= 0.6 is 27.5 Å². The molecule has 0 saturated heterocycles. The van der Waals surface area contributed by atoms with E-state index in [1.807, 2.05) is 0 Å². The van der Waals surface area contributed by atoms with Crippen LogP contribution in [0.5, 0.6) is 0 Å². The van der Waals surface area contributed by atoms with Gasteiger partial charge in [-0.2, -0.15) is 0 Å². The lowest BCUT2D eigenvalue weighted by atomic mass is 10.1. The number of aromatic nitrogens is 2. The predicted molar refractivity (Wildman–Crippen MR) is 78.1 cm³/mol. The molecule has 0 amide bonds. The van der Waals surface area contributed by atoms with Gasteiger partial charge < -0.3 is 4.74 Å². The fourth-order valence-electron chi connectivity index (χ4n) is 1.65. The van der Waals surface area contributed by atoms with E-state index in [2.05, 4.69) is 25.7 Å². The zero-order valence-electron chi connectivity index (χ0n) is 10.5. The molecule has 0 radical (unpaired) electrons. The Morgan fingerprint density at radius 1 is 1.50 bits per heavy atom. The fraction of sp³-hybridized carbons (Fsp3) is 0.154. The molecule has 0 unspecified atom stereocenters. The number of carbonyl (C=O) groups is 1. The third-order valence-electron chi connectivity index (χ3n) is 2.64. The molecule has 2 aromatic rings. The van der Waals surface area contributed by atoms with E-state index in [4.69, 9.17) is 11.6 Å². The first-order valence-electron chi connectivity index (χ1n) is 5.60. The molecule has 5 nitrogen and oxygen atoms in total. The minimum absolute atomic E-state index is 0.300. The van der Waals surface area contributed by atoms with Gasteiger partial charge in [0.1, 0.15) is 0 Å². The summed E-state index contributed by atoms with van der Waals surface area (Å²) in [6.07, 6.45) is 2.81. The molecule has 0 aliphatic carbocycles. The van der Waals surface area contributed by atoms with E-state index in [9.17, 15) is 9.59 Å². The van der Waals surface area contributed by atoms with Crippen molar-refractivity contribution in [3.8, 4) is 0 Å². The number of methoxy groups -OCH3 is 1. The third-order valence-corrected chi connectivity index (χ3v) is 3.57. The van der Waals surface area contributed by atoms with Crippen LogP contribution in [0.25, 0.3) is 0 Å². The summed E-state index contributed by atoms with van der Waals surface area (Å²) in [5.74, 6) is -0.418. The lowest BCUT2D eigenvalue weighted by molar-refractivity contribution is 0.0600. The minimum Gasteiger partial charge on any atom is -0.465 e. The lowest BCUT2D eigenvalue weighted by Crippen LogP contribution is -2.22. The number of halogens is 2. The lowest BCUT2D eigenvalue weighted by Gasteiger charge is -2.08. The fourth-order valence-corrected chi connectivity index (χ4v) is 2.32. The van der Waals surface area contributed by atoms with E-state index in [1.165, 1.54) is 24.1 Å². The quantitative estimate of drug-likeness (QED) is 0.792. The maximum Gasteiger partial charge on any atom is 0.347 e. The first-order chi connectivity index (χ1) is 9.51. The standard InChI is InChI=1S/C13H10BrClN2O3/c1-20-12(18)8-2-3-9(11(14)4-8)6-17-7-10(15)5-16-13(17)19/h2-5,7H,6H2,1H3. The molecular formula is C13H10BrClN2O3. The molecule has 0 bridgehead atoms. The summed E-state index contributed by atoms with van der Waals surface area (Å²) < 4.78 is 6.73. The molecule has 1 heterocycles. The average molecular weight is 358 g/mol. The first-order valence-corrected chi connectivity index (χ1v) is 6.77. The normalized spacial score (nSPS) is 10.3. The van der Waals surface area contributed by atoms with Gasteiger partial charge in [0.05, 0.1) is 30.4 Å². The largest absolute Gasteiger partial charge is 0.465 e. The molecule has 1 aromatic carbocycles. The van der Waals surface area contributed by atoms with Crippen molar-refractivity contribution in [1.82, 2.24) is 9.55 Å².